The summed E-state index contributed by atoms with van der Waals surface area (Å²) in [6.07, 6.45) is 1.53. The lowest BCUT2D eigenvalue weighted by Crippen LogP contribution is -2.10. The third-order valence-corrected chi connectivity index (χ3v) is 2.27. The van der Waals surface area contributed by atoms with Crippen molar-refractivity contribution >= 4 is 11.6 Å². The van der Waals surface area contributed by atoms with Crippen LogP contribution in [0.15, 0.2) is 36.5 Å². The molecule has 0 fully saturated rings. The van der Waals surface area contributed by atoms with Crippen molar-refractivity contribution < 1.29 is 4.74 Å². The van der Waals surface area contributed by atoms with Crippen molar-refractivity contribution in [2.45, 2.75) is 0 Å². The normalized spacial score (nSPS) is 9.68. The smallest absolute Gasteiger partial charge is 0.228 e. The van der Waals surface area contributed by atoms with Crippen LogP contribution < -0.4 is 15.8 Å². The molecule has 0 aliphatic rings. The molecule has 0 amide bonds. The summed E-state index contributed by atoms with van der Waals surface area (Å²) in [6, 6.07) is 10.8. The highest BCUT2D eigenvalue weighted by Crippen LogP contribution is 2.17. The minimum atomic E-state index is 0.320. The summed E-state index contributed by atoms with van der Waals surface area (Å²) >= 11 is 0. The van der Waals surface area contributed by atoms with Gasteiger partial charge in [0, 0.05) is 18.4 Å². The van der Waals surface area contributed by atoms with Crippen LogP contribution in [0.1, 0.15) is 5.69 Å². The maximum Gasteiger partial charge on any atom is 0.228 e. The van der Waals surface area contributed by atoms with Gasteiger partial charge in [-0.25, -0.2) is 9.97 Å². The van der Waals surface area contributed by atoms with Crippen LogP contribution >= 0.6 is 0 Å². The fourth-order valence-electron chi connectivity index (χ4n) is 1.42. The molecule has 1 aromatic heterocycles. The number of ether oxygens (including phenoxy) is 1. The second kappa shape index (κ2) is 6.33. The minimum Gasteiger partial charge on any atom is -0.492 e. The molecule has 3 N–H and O–H groups in total. The molecule has 0 bridgehead atoms. The number of nitrogens with one attached hydrogen (secondary N) is 1. The molecule has 0 saturated heterocycles. The number of hydrogen-bond donors (Lipinski definition) is 2. The van der Waals surface area contributed by atoms with Crippen LogP contribution in [0.3, 0.4) is 0 Å². The number of nitrogens with two attached hydrogens (primary N) is 1. The average molecular weight is 255 g/mol. The van der Waals surface area contributed by atoms with E-state index in [0.29, 0.717) is 24.8 Å². The first-order chi connectivity index (χ1) is 9.31. The van der Waals surface area contributed by atoms with Crippen LogP contribution in [0.4, 0.5) is 11.6 Å². The lowest BCUT2D eigenvalue weighted by molar-refractivity contribution is 0.328. The van der Waals surface area contributed by atoms with E-state index in [1.165, 1.54) is 6.20 Å². The SMILES string of the molecule is N#Cc1ccnc(Nc2ccc(OCCN)cc2)n1. The van der Waals surface area contributed by atoms with Crippen LogP contribution in [0.5, 0.6) is 5.75 Å². The van der Waals surface area contributed by atoms with Crippen LogP contribution in [-0.2, 0) is 0 Å². The van der Waals surface area contributed by atoms with Gasteiger partial charge in [0.2, 0.25) is 5.95 Å². The quantitative estimate of drug-likeness (QED) is 0.838. The zero-order chi connectivity index (χ0) is 13.5. The molecule has 1 heterocycles. The first-order valence-corrected chi connectivity index (χ1v) is 5.75. The minimum absolute atomic E-state index is 0.320. The highest BCUT2D eigenvalue weighted by atomic mass is 16.5. The Morgan fingerprint density at radius 2 is 2.05 bits per heavy atom. The van der Waals surface area contributed by atoms with Crippen LogP contribution in [0.2, 0.25) is 0 Å². The van der Waals surface area contributed by atoms with Gasteiger partial charge in [-0.2, -0.15) is 5.26 Å². The molecule has 96 valence electrons. The first kappa shape index (κ1) is 12.8. The van der Waals surface area contributed by atoms with E-state index in [9.17, 15) is 0 Å². The molecule has 0 spiro atoms. The molecule has 0 aliphatic heterocycles. The van der Waals surface area contributed by atoms with Crippen molar-refractivity contribution in [1.82, 2.24) is 9.97 Å². The van der Waals surface area contributed by atoms with Gasteiger partial charge in [0.25, 0.3) is 0 Å². The van der Waals surface area contributed by atoms with Crippen LogP contribution in [-0.4, -0.2) is 23.1 Å². The lowest BCUT2D eigenvalue weighted by atomic mass is 10.3. The molecular formula is C13H13N5O. The van der Waals surface area contributed by atoms with Crippen molar-refractivity contribution in [3.63, 3.8) is 0 Å². The second-order valence-electron chi connectivity index (χ2n) is 3.66. The van der Waals surface area contributed by atoms with Gasteiger partial charge in [-0.1, -0.05) is 0 Å². The number of hydrogen-bond acceptors (Lipinski definition) is 6. The molecule has 1 aromatic carbocycles. The zero-order valence-electron chi connectivity index (χ0n) is 10.2. The fourth-order valence-corrected chi connectivity index (χ4v) is 1.42. The standard InChI is InChI=1S/C13H13N5O/c14-6-8-19-12-3-1-10(2-4-12)17-13-16-7-5-11(9-15)18-13/h1-5,7H,6,8,14H2,(H,16,17,18). The highest BCUT2D eigenvalue weighted by Gasteiger charge is 2.00. The Labute approximate surface area is 110 Å². The Balaban J connectivity index is 2.04. The molecule has 2 rings (SSSR count). The zero-order valence-corrected chi connectivity index (χ0v) is 10.2. The molecule has 19 heavy (non-hydrogen) atoms. The lowest BCUT2D eigenvalue weighted by Gasteiger charge is -2.07. The van der Waals surface area contributed by atoms with Gasteiger partial charge in [-0.15, -0.1) is 0 Å². The third-order valence-electron chi connectivity index (χ3n) is 2.27. The van der Waals surface area contributed by atoms with Gasteiger partial charge in [0.15, 0.2) is 0 Å². The van der Waals surface area contributed by atoms with Gasteiger partial charge >= 0.3 is 0 Å². The van der Waals surface area contributed by atoms with Gasteiger partial charge in [-0.3, -0.25) is 0 Å². The van der Waals surface area contributed by atoms with Gasteiger partial charge < -0.3 is 15.8 Å². The summed E-state index contributed by atoms with van der Waals surface area (Å²) in [4.78, 5) is 8.06. The van der Waals surface area contributed by atoms with Crippen molar-refractivity contribution in [2.75, 3.05) is 18.5 Å². The summed E-state index contributed by atoms with van der Waals surface area (Å²) in [6.45, 7) is 0.967. The highest BCUT2D eigenvalue weighted by molar-refractivity contribution is 5.54. The molecule has 6 nitrogen and oxygen atoms in total. The van der Waals surface area contributed by atoms with E-state index in [-0.39, 0.29) is 0 Å². The van der Waals surface area contributed by atoms with Crippen LogP contribution in [0.25, 0.3) is 0 Å². The van der Waals surface area contributed by atoms with Crippen molar-refractivity contribution in [1.29, 1.82) is 5.26 Å². The van der Waals surface area contributed by atoms with Crippen molar-refractivity contribution in [3.8, 4) is 11.8 Å². The molecule has 0 aliphatic carbocycles. The van der Waals surface area contributed by atoms with Crippen molar-refractivity contribution in [3.05, 3.63) is 42.2 Å². The Morgan fingerprint density at radius 1 is 1.26 bits per heavy atom. The topological polar surface area (TPSA) is 96.8 Å². The summed E-state index contributed by atoms with van der Waals surface area (Å²) in [7, 11) is 0. The Bertz CT molecular complexity index is 576. The molecule has 0 atom stereocenters. The summed E-state index contributed by atoms with van der Waals surface area (Å²) in [5.41, 5.74) is 6.49. The van der Waals surface area contributed by atoms with Gasteiger partial charge in [0.1, 0.15) is 24.1 Å². The number of anilines is 2. The largest absolute Gasteiger partial charge is 0.492 e. The molecule has 2 aromatic rings. The van der Waals surface area contributed by atoms with Gasteiger partial charge in [-0.05, 0) is 30.3 Å². The maximum absolute atomic E-state index is 8.75. The Hall–Kier alpha value is -2.65. The predicted octanol–water partition coefficient (Wildman–Crippen LogP) is 1.43. The Morgan fingerprint density at radius 3 is 2.74 bits per heavy atom. The van der Waals surface area contributed by atoms with Crippen LogP contribution in [0, 0.1) is 11.3 Å². The van der Waals surface area contributed by atoms with Crippen molar-refractivity contribution in [2.24, 2.45) is 5.73 Å². The number of nitriles is 1. The second-order valence-corrected chi connectivity index (χ2v) is 3.66. The predicted molar refractivity (Wildman–Crippen MR) is 71.0 cm³/mol. The monoisotopic (exact) mass is 255 g/mol. The number of aromatic nitrogens is 2. The number of rotatable bonds is 5. The Kier molecular flexibility index (Phi) is 4.26. The van der Waals surface area contributed by atoms with E-state index in [1.807, 2.05) is 30.3 Å². The molecule has 0 saturated carbocycles. The summed E-state index contributed by atoms with van der Waals surface area (Å²) in [5.74, 6) is 1.14. The third kappa shape index (κ3) is 3.66. The number of nitrogens with zero attached hydrogens (tertiary/aromatic N) is 3. The van der Waals surface area contributed by atoms with E-state index in [0.717, 1.165) is 11.4 Å². The number of benzene rings is 1. The maximum atomic E-state index is 8.75. The van der Waals surface area contributed by atoms with E-state index < -0.39 is 0 Å². The first-order valence-electron chi connectivity index (χ1n) is 5.75. The summed E-state index contributed by atoms with van der Waals surface area (Å²) < 4.78 is 5.37. The van der Waals surface area contributed by atoms with E-state index in [2.05, 4.69) is 15.3 Å². The molecule has 0 unspecified atom stereocenters. The average Bonchev–Trinajstić information content (AvgIpc) is 2.47. The molecule has 6 heteroatoms. The van der Waals surface area contributed by atoms with E-state index in [1.54, 1.807) is 6.07 Å². The van der Waals surface area contributed by atoms with E-state index >= 15 is 0 Å². The summed E-state index contributed by atoms with van der Waals surface area (Å²) in [5, 5.41) is 11.8. The fraction of sp³-hybridized carbons (Fsp3) is 0.154. The van der Waals surface area contributed by atoms with E-state index in [4.69, 9.17) is 15.7 Å². The molecular weight excluding hydrogens is 242 g/mol. The molecule has 0 radical (unpaired) electrons. The van der Waals surface area contributed by atoms with Gasteiger partial charge in [0.05, 0.1) is 0 Å².